The normalized spacial score (nSPS) is 11.5. The zero-order valence-electron chi connectivity index (χ0n) is 34.4. The third kappa shape index (κ3) is 6.33. The van der Waals surface area contributed by atoms with Crippen LogP contribution in [0.2, 0.25) is 0 Å². The van der Waals surface area contributed by atoms with E-state index in [1.54, 1.807) is 0 Å². The van der Waals surface area contributed by atoms with E-state index in [1.807, 2.05) is 11.3 Å². The van der Waals surface area contributed by atoms with Crippen molar-refractivity contribution in [2.75, 3.05) is 4.90 Å². The van der Waals surface area contributed by atoms with Gasteiger partial charge in [0.25, 0.3) is 0 Å². The van der Waals surface area contributed by atoms with Crippen LogP contribution in [0.15, 0.2) is 243 Å². The topological polar surface area (TPSA) is 8.17 Å². The Morgan fingerprint density at radius 2 is 0.730 bits per heavy atom. The number of nitrogens with zero attached hydrogens (tertiary/aromatic N) is 2. The van der Waals surface area contributed by atoms with Gasteiger partial charge in [-0.25, -0.2) is 0 Å². The van der Waals surface area contributed by atoms with E-state index >= 15 is 0 Å². The molecular weight excluding hydrogens is 781 g/mol. The lowest BCUT2D eigenvalue weighted by atomic mass is 9.88. The summed E-state index contributed by atoms with van der Waals surface area (Å²) in [6.07, 6.45) is 0. The Morgan fingerprint density at radius 3 is 1.29 bits per heavy atom. The largest absolute Gasteiger partial charge is 0.311 e. The summed E-state index contributed by atoms with van der Waals surface area (Å²) in [6, 6.07) is 88.1. The van der Waals surface area contributed by atoms with Gasteiger partial charge in [0, 0.05) is 64.8 Å². The standard InChI is InChI=1S/C60H40N2S/c1-5-17-41(18-6-1)43-29-35-48(36-30-43)61(49-37-31-44(32-38-49)42-19-7-2-8-20-42)50-39-33-46(34-40-50)56-55(45-21-9-3-10-22-45)57-51-25-13-15-27-53(51)62(47-23-11-4-12-24-47)59(57)58-52-26-14-16-28-54(52)63-60(56)58/h1-40H. The number of fused-ring (bicyclic) bond motifs is 7. The number of aromatic nitrogens is 1. The number of anilines is 3. The minimum atomic E-state index is 1.09. The smallest absolute Gasteiger partial charge is 0.0640 e. The van der Waals surface area contributed by atoms with Crippen LogP contribution in [0.25, 0.3) is 92.2 Å². The summed E-state index contributed by atoms with van der Waals surface area (Å²) < 4.78 is 5.07. The Labute approximate surface area is 370 Å². The molecule has 0 amide bonds. The van der Waals surface area contributed by atoms with Gasteiger partial charge < -0.3 is 9.47 Å². The first kappa shape index (κ1) is 36.8. The average molecular weight is 821 g/mol. The van der Waals surface area contributed by atoms with Crippen LogP contribution in [-0.4, -0.2) is 4.57 Å². The van der Waals surface area contributed by atoms with E-state index < -0.39 is 0 Å². The zero-order chi connectivity index (χ0) is 41.7. The van der Waals surface area contributed by atoms with Crippen LogP contribution in [-0.2, 0) is 0 Å². The molecular formula is C60H40N2S. The SMILES string of the molecule is c1ccc(-c2ccc(N(c3ccc(-c4ccccc4)cc3)c3ccc(-c4c(-c5ccccc5)c5c6ccccc6n(-c6ccccc6)c5c5c4sc4ccccc45)cc3)cc2)cc1. The fourth-order valence-electron chi connectivity index (χ4n) is 9.53. The molecule has 63 heavy (non-hydrogen) atoms. The highest BCUT2D eigenvalue weighted by molar-refractivity contribution is 7.26. The maximum Gasteiger partial charge on any atom is 0.0640 e. The summed E-state index contributed by atoms with van der Waals surface area (Å²) >= 11 is 1.90. The van der Waals surface area contributed by atoms with Crippen molar-refractivity contribution in [3.8, 4) is 50.2 Å². The third-order valence-electron chi connectivity index (χ3n) is 12.4. The van der Waals surface area contributed by atoms with Crippen LogP contribution in [0.4, 0.5) is 17.1 Å². The molecule has 0 N–H and O–H groups in total. The second-order valence-electron chi connectivity index (χ2n) is 16.0. The van der Waals surface area contributed by atoms with Crippen LogP contribution in [0, 0.1) is 0 Å². The number of rotatable bonds is 8. The molecule has 0 spiro atoms. The number of para-hydroxylation sites is 2. The molecule has 0 radical (unpaired) electrons. The van der Waals surface area contributed by atoms with E-state index in [9.17, 15) is 0 Å². The molecule has 12 aromatic rings. The molecule has 0 saturated carbocycles. The molecule has 0 aliphatic heterocycles. The summed E-state index contributed by atoms with van der Waals surface area (Å²) in [4.78, 5) is 2.37. The van der Waals surface area contributed by atoms with Crippen molar-refractivity contribution in [3.05, 3.63) is 243 Å². The molecule has 3 heteroatoms. The zero-order valence-corrected chi connectivity index (χ0v) is 35.2. The van der Waals surface area contributed by atoms with Gasteiger partial charge in [0.2, 0.25) is 0 Å². The van der Waals surface area contributed by atoms with E-state index in [0.29, 0.717) is 0 Å². The Bertz CT molecular complexity index is 3470. The van der Waals surface area contributed by atoms with Gasteiger partial charge in [-0.15, -0.1) is 11.3 Å². The van der Waals surface area contributed by atoms with Gasteiger partial charge in [-0.3, -0.25) is 0 Å². The quantitative estimate of drug-likeness (QED) is 0.148. The van der Waals surface area contributed by atoms with Crippen molar-refractivity contribution in [1.82, 2.24) is 4.57 Å². The van der Waals surface area contributed by atoms with Crippen LogP contribution in [0.3, 0.4) is 0 Å². The molecule has 2 nitrogen and oxygen atoms in total. The van der Waals surface area contributed by atoms with E-state index in [1.165, 1.54) is 86.5 Å². The fraction of sp³-hybridized carbons (Fsp3) is 0. The molecule has 296 valence electrons. The van der Waals surface area contributed by atoms with Crippen molar-refractivity contribution < 1.29 is 0 Å². The minimum Gasteiger partial charge on any atom is -0.311 e. The summed E-state index contributed by atoms with van der Waals surface area (Å²) in [5.41, 5.74) is 16.6. The highest BCUT2D eigenvalue weighted by atomic mass is 32.1. The molecule has 0 aliphatic carbocycles. The van der Waals surface area contributed by atoms with Crippen molar-refractivity contribution >= 4 is 70.4 Å². The van der Waals surface area contributed by atoms with E-state index in [2.05, 4.69) is 252 Å². The predicted octanol–water partition coefficient (Wildman–Crippen LogP) is 17.3. The fourth-order valence-corrected chi connectivity index (χ4v) is 10.8. The van der Waals surface area contributed by atoms with E-state index in [4.69, 9.17) is 0 Å². The molecule has 0 unspecified atom stereocenters. The van der Waals surface area contributed by atoms with Gasteiger partial charge in [0.15, 0.2) is 0 Å². The van der Waals surface area contributed by atoms with Crippen molar-refractivity contribution in [3.63, 3.8) is 0 Å². The average Bonchev–Trinajstić information content (AvgIpc) is 3.92. The van der Waals surface area contributed by atoms with Crippen LogP contribution < -0.4 is 4.90 Å². The first-order valence-corrected chi connectivity index (χ1v) is 22.3. The Kier molecular flexibility index (Phi) is 9.06. The molecule has 10 aromatic carbocycles. The number of hydrogen-bond donors (Lipinski definition) is 0. The van der Waals surface area contributed by atoms with Gasteiger partial charge >= 0.3 is 0 Å². The summed E-state index contributed by atoms with van der Waals surface area (Å²) in [5.74, 6) is 0. The number of hydrogen-bond acceptors (Lipinski definition) is 2. The van der Waals surface area contributed by atoms with Gasteiger partial charge in [-0.2, -0.15) is 0 Å². The monoisotopic (exact) mass is 820 g/mol. The molecule has 2 aromatic heterocycles. The van der Waals surface area contributed by atoms with Crippen molar-refractivity contribution in [2.45, 2.75) is 0 Å². The predicted molar refractivity (Wildman–Crippen MR) is 270 cm³/mol. The molecule has 12 rings (SSSR count). The van der Waals surface area contributed by atoms with Crippen LogP contribution in [0.1, 0.15) is 0 Å². The first-order valence-electron chi connectivity index (χ1n) is 21.5. The maximum atomic E-state index is 2.50. The second-order valence-corrected chi connectivity index (χ2v) is 17.1. The lowest BCUT2D eigenvalue weighted by molar-refractivity contribution is 1.19. The molecule has 2 heterocycles. The minimum absolute atomic E-state index is 1.09. The number of thiophene rings is 1. The molecule has 0 aliphatic rings. The van der Waals surface area contributed by atoms with Crippen LogP contribution >= 0.6 is 11.3 Å². The summed E-state index contributed by atoms with van der Waals surface area (Å²) in [7, 11) is 0. The Morgan fingerprint density at radius 1 is 0.317 bits per heavy atom. The van der Waals surface area contributed by atoms with Gasteiger partial charge in [0.1, 0.15) is 0 Å². The second kappa shape index (κ2) is 15.5. The highest BCUT2D eigenvalue weighted by Gasteiger charge is 2.27. The van der Waals surface area contributed by atoms with Crippen LogP contribution in [0.5, 0.6) is 0 Å². The lowest BCUT2D eigenvalue weighted by Crippen LogP contribution is -2.09. The third-order valence-corrected chi connectivity index (χ3v) is 13.6. The van der Waals surface area contributed by atoms with E-state index in [0.717, 1.165) is 22.7 Å². The van der Waals surface area contributed by atoms with Crippen molar-refractivity contribution in [2.24, 2.45) is 0 Å². The van der Waals surface area contributed by atoms with Crippen molar-refractivity contribution in [1.29, 1.82) is 0 Å². The Balaban J connectivity index is 1.09. The van der Waals surface area contributed by atoms with Gasteiger partial charge in [-0.05, 0) is 94.0 Å². The summed E-state index contributed by atoms with van der Waals surface area (Å²) in [5, 5.41) is 5.09. The lowest BCUT2D eigenvalue weighted by Gasteiger charge is -2.26. The summed E-state index contributed by atoms with van der Waals surface area (Å²) in [6.45, 7) is 0. The van der Waals surface area contributed by atoms with E-state index in [-0.39, 0.29) is 0 Å². The maximum absolute atomic E-state index is 2.50. The number of benzene rings is 10. The molecule has 0 atom stereocenters. The first-order chi connectivity index (χ1) is 31.3. The van der Waals surface area contributed by atoms with Gasteiger partial charge in [-0.1, -0.05) is 182 Å². The molecule has 0 fully saturated rings. The highest BCUT2D eigenvalue weighted by Crippen LogP contribution is 2.53. The molecule has 0 bridgehead atoms. The van der Waals surface area contributed by atoms with Gasteiger partial charge in [0.05, 0.1) is 11.0 Å². The molecule has 0 saturated heterocycles. The Hall–Kier alpha value is -7.98.